The second-order valence-corrected chi connectivity index (χ2v) is 8.16. The molecule has 2 N–H and O–H groups in total. The molecule has 3 rings (SSSR count). The summed E-state index contributed by atoms with van der Waals surface area (Å²) >= 11 is 6.09. The van der Waals surface area contributed by atoms with Gasteiger partial charge in [0.2, 0.25) is 0 Å². The standard InChI is InChI=1S/C20H16ClFN2O3S/c1-13-2-9-17(10-3-13)28(26,27)24-16-8-11-19(21)18(12-16)20(25)23-15-6-4-14(22)5-7-15/h2-12,24H,1H3,(H,23,25). The van der Waals surface area contributed by atoms with E-state index in [4.69, 9.17) is 11.6 Å². The molecular weight excluding hydrogens is 403 g/mol. The molecule has 3 aromatic rings. The second-order valence-electron chi connectivity index (χ2n) is 6.07. The Kier molecular flexibility index (Phi) is 5.67. The lowest BCUT2D eigenvalue weighted by Gasteiger charge is -2.11. The molecule has 144 valence electrons. The van der Waals surface area contributed by atoms with Crippen molar-refractivity contribution in [1.29, 1.82) is 0 Å². The summed E-state index contributed by atoms with van der Waals surface area (Å²) in [7, 11) is -3.82. The van der Waals surface area contributed by atoms with E-state index in [1.165, 1.54) is 54.6 Å². The molecule has 0 aliphatic carbocycles. The van der Waals surface area contributed by atoms with E-state index in [9.17, 15) is 17.6 Å². The van der Waals surface area contributed by atoms with Crippen molar-refractivity contribution in [1.82, 2.24) is 0 Å². The Bertz CT molecular complexity index is 1120. The molecule has 0 spiro atoms. The highest BCUT2D eigenvalue weighted by molar-refractivity contribution is 7.92. The molecule has 5 nitrogen and oxygen atoms in total. The second kappa shape index (κ2) is 8.00. The topological polar surface area (TPSA) is 75.3 Å². The molecule has 0 aliphatic heterocycles. The molecule has 0 atom stereocenters. The minimum absolute atomic E-state index is 0.0788. The van der Waals surface area contributed by atoms with E-state index in [-0.39, 0.29) is 21.2 Å². The number of carbonyl (C=O) groups is 1. The van der Waals surface area contributed by atoms with Crippen LogP contribution in [-0.4, -0.2) is 14.3 Å². The highest BCUT2D eigenvalue weighted by atomic mass is 35.5. The van der Waals surface area contributed by atoms with E-state index in [0.29, 0.717) is 5.69 Å². The van der Waals surface area contributed by atoms with Gasteiger partial charge in [-0.25, -0.2) is 12.8 Å². The zero-order chi connectivity index (χ0) is 20.3. The predicted molar refractivity (Wildman–Crippen MR) is 108 cm³/mol. The fourth-order valence-electron chi connectivity index (χ4n) is 2.43. The molecular formula is C20H16ClFN2O3S. The molecule has 0 aromatic heterocycles. The zero-order valence-electron chi connectivity index (χ0n) is 14.7. The fourth-order valence-corrected chi connectivity index (χ4v) is 3.68. The average Bonchev–Trinajstić information content (AvgIpc) is 2.65. The first-order valence-electron chi connectivity index (χ1n) is 8.20. The summed E-state index contributed by atoms with van der Waals surface area (Å²) in [5.74, 6) is -0.975. The summed E-state index contributed by atoms with van der Waals surface area (Å²) in [4.78, 5) is 12.6. The van der Waals surface area contributed by atoms with Gasteiger partial charge in [0.25, 0.3) is 15.9 Å². The van der Waals surface area contributed by atoms with Crippen molar-refractivity contribution in [3.05, 3.63) is 88.7 Å². The number of hydrogen-bond donors (Lipinski definition) is 2. The number of hydrogen-bond acceptors (Lipinski definition) is 3. The SMILES string of the molecule is Cc1ccc(S(=O)(=O)Nc2ccc(Cl)c(C(=O)Nc3ccc(F)cc3)c2)cc1. The zero-order valence-corrected chi connectivity index (χ0v) is 16.3. The minimum Gasteiger partial charge on any atom is -0.322 e. The van der Waals surface area contributed by atoms with Crippen molar-refractivity contribution >= 4 is 38.9 Å². The Hall–Kier alpha value is -2.90. The lowest BCUT2D eigenvalue weighted by Crippen LogP contribution is -2.15. The van der Waals surface area contributed by atoms with Crippen LogP contribution in [0, 0.1) is 12.7 Å². The molecule has 8 heteroatoms. The summed E-state index contributed by atoms with van der Waals surface area (Å²) in [6.45, 7) is 1.86. The van der Waals surface area contributed by atoms with Crippen LogP contribution in [0.1, 0.15) is 15.9 Å². The lowest BCUT2D eigenvalue weighted by atomic mass is 10.2. The van der Waals surface area contributed by atoms with E-state index in [0.717, 1.165) is 5.56 Å². The van der Waals surface area contributed by atoms with Crippen LogP contribution in [0.4, 0.5) is 15.8 Å². The maximum atomic E-state index is 13.0. The lowest BCUT2D eigenvalue weighted by molar-refractivity contribution is 0.102. The molecule has 1 amide bonds. The molecule has 0 heterocycles. The maximum absolute atomic E-state index is 13.0. The molecule has 0 saturated heterocycles. The first kappa shape index (κ1) is 19.9. The first-order chi connectivity index (χ1) is 13.2. The Balaban J connectivity index is 1.83. The number of anilines is 2. The normalized spacial score (nSPS) is 11.1. The van der Waals surface area contributed by atoms with Crippen LogP contribution in [0.2, 0.25) is 5.02 Å². The summed E-state index contributed by atoms with van der Waals surface area (Å²) in [5.41, 5.74) is 1.59. The molecule has 3 aromatic carbocycles. The van der Waals surface area contributed by atoms with Crippen LogP contribution in [0.15, 0.2) is 71.6 Å². The van der Waals surface area contributed by atoms with Gasteiger partial charge in [-0.05, 0) is 61.5 Å². The number of amides is 1. The summed E-state index contributed by atoms with van der Waals surface area (Å²) in [6.07, 6.45) is 0. The Morgan fingerprint density at radius 2 is 1.54 bits per heavy atom. The minimum atomic E-state index is -3.82. The Morgan fingerprint density at radius 1 is 0.929 bits per heavy atom. The number of rotatable bonds is 5. The quantitative estimate of drug-likeness (QED) is 0.622. The molecule has 28 heavy (non-hydrogen) atoms. The number of sulfonamides is 1. The number of aryl methyl sites for hydroxylation is 1. The van der Waals surface area contributed by atoms with Crippen molar-refractivity contribution in [3.63, 3.8) is 0 Å². The first-order valence-corrected chi connectivity index (χ1v) is 10.1. The van der Waals surface area contributed by atoms with Gasteiger partial charge in [0.15, 0.2) is 0 Å². The number of halogens is 2. The molecule has 0 bridgehead atoms. The fraction of sp³-hybridized carbons (Fsp3) is 0.0500. The highest BCUT2D eigenvalue weighted by Gasteiger charge is 2.17. The number of benzene rings is 3. The third-order valence-corrected chi connectivity index (χ3v) is 5.62. The Labute approximate surface area is 167 Å². The summed E-state index contributed by atoms with van der Waals surface area (Å²) in [5, 5.41) is 2.74. The van der Waals surface area contributed by atoms with E-state index in [1.54, 1.807) is 12.1 Å². The van der Waals surface area contributed by atoms with Crippen molar-refractivity contribution in [3.8, 4) is 0 Å². The third-order valence-electron chi connectivity index (χ3n) is 3.90. The van der Waals surface area contributed by atoms with Gasteiger partial charge in [-0.3, -0.25) is 9.52 Å². The van der Waals surface area contributed by atoms with Crippen LogP contribution in [-0.2, 0) is 10.0 Å². The largest absolute Gasteiger partial charge is 0.322 e. The van der Waals surface area contributed by atoms with E-state index in [2.05, 4.69) is 10.0 Å². The van der Waals surface area contributed by atoms with Crippen LogP contribution in [0.3, 0.4) is 0 Å². The third kappa shape index (κ3) is 4.68. The monoisotopic (exact) mass is 418 g/mol. The van der Waals surface area contributed by atoms with Gasteiger partial charge in [0.1, 0.15) is 5.82 Å². The average molecular weight is 419 g/mol. The molecule has 0 fully saturated rings. The van der Waals surface area contributed by atoms with Crippen LogP contribution >= 0.6 is 11.6 Å². The van der Waals surface area contributed by atoms with Crippen molar-refractivity contribution in [2.75, 3.05) is 10.0 Å². The predicted octanol–water partition coefficient (Wildman–Crippen LogP) is 4.84. The van der Waals surface area contributed by atoms with Gasteiger partial charge in [-0.15, -0.1) is 0 Å². The highest BCUT2D eigenvalue weighted by Crippen LogP contribution is 2.24. The van der Waals surface area contributed by atoms with Crippen molar-refractivity contribution in [2.24, 2.45) is 0 Å². The van der Waals surface area contributed by atoms with Gasteiger partial charge < -0.3 is 5.32 Å². The van der Waals surface area contributed by atoms with E-state index in [1.807, 2.05) is 6.92 Å². The molecule has 0 radical (unpaired) electrons. The maximum Gasteiger partial charge on any atom is 0.261 e. The number of carbonyl (C=O) groups excluding carboxylic acids is 1. The van der Waals surface area contributed by atoms with Crippen molar-refractivity contribution in [2.45, 2.75) is 11.8 Å². The molecule has 0 unspecified atom stereocenters. The van der Waals surface area contributed by atoms with Crippen molar-refractivity contribution < 1.29 is 17.6 Å². The number of nitrogens with one attached hydrogen (secondary N) is 2. The van der Waals surface area contributed by atoms with Gasteiger partial charge >= 0.3 is 0 Å². The molecule has 0 saturated carbocycles. The van der Waals surface area contributed by atoms with Crippen LogP contribution in [0.25, 0.3) is 0 Å². The van der Waals surface area contributed by atoms with Crippen LogP contribution in [0.5, 0.6) is 0 Å². The van der Waals surface area contributed by atoms with Gasteiger partial charge in [-0.1, -0.05) is 29.3 Å². The van der Waals surface area contributed by atoms with Gasteiger partial charge in [-0.2, -0.15) is 0 Å². The summed E-state index contributed by atoms with van der Waals surface area (Å²) < 4.78 is 40.5. The van der Waals surface area contributed by atoms with E-state index < -0.39 is 21.7 Å². The van der Waals surface area contributed by atoms with Gasteiger partial charge in [0.05, 0.1) is 15.5 Å². The Morgan fingerprint density at radius 3 is 2.18 bits per heavy atom. The smallest absolute Gasteiger partial charge is 0.261 e. The summed E-state index contributed by atoms with van der Waals surface area (Å²) in [6, 6.07) is 15.8. The molecule has 0 aliphatic rings. The van der Waals surface area contributed by atoms with E-state index >= 15 is 0 Å². The van der Waals surface area contributed by atoms with Gasteiger partial charge in [0, 0.05) is 11.4 Å². The van der Waals surface area contributed by atoms with Crippen LogP contribution < -0.4 is 10.0 Å².